The maximum Gasteiger partial charge on any atom is 0.308 e. The van der Waals surface area contributed by atoms with Crippen molar-refractivity contribution in [3.05, 3.63) is 23.0 Å². The SMILES string of the molecule is CC(C)c1noc2nc(C3CC3)cc(C(=O)NC(C)C(C)C(=O)O)c12. The molecule has 2 N–H and O–H groups in total. The van der Waals surface area contributed by atoms with E-state index in [2.05, 4.69) is 15.5 Å². The molecular weight excluding hydrogens is 322 g/mol. The van der Waals surface area contributed by atoms with E-state index in [0.717, 1.165) is 18.5 Å². The summed E-state index contributed by atoms with van der Waals surface area (Å²) in [6.07, 6.45) is 2.11. The Labute approximate surface area is 145 Å². The minimum absolute atomic E-state index is 0.0803. The van der Waals surface area contributed by atoms with Crippen LogP contribution in [0.3, 0.4) is 0 Å². The summed E-state index contributed by atoms with van der Waals surface area (Å²) in [7, 11) is 0. The normalized spacial score (nSPS) is 16.8. The van der Waals surface area contributed by atoms with E-state index in [4.69, 9.17) is 9.63 Å². The van der Waals surface area contributed by atoms with E-state index >= 15 is 0 Å². The van der Waals surface area contributed by atoms with Crippen LogP contribution in [0.2, 0.25) is 0 Å². The van der Waals surface area contributed by atoms with Gasteiger partial charge in [-0.3, -0.25) is 9.59 Å². The van der Waals surface area contributed by atoms with Crippen LogP contribution in [-0.2, 0) is 4.79 Å². The largest absolute Gasteiger partial charge is 0.481 e. The second-order valence-electron chi connectivity index (χ2n) is 7.16. The van der Waals surface area contributed by atoms with Crippen molar-refractivity contribution in [1.29, 1.82) is 0 Å². The van der Waals surface area contributed by atoms with Crippen molar-refractivity contribution in [2.45, 2.75) is 58.4 Å². The molecule has 2 aromatic rings. The zero-order chi connectivity index (χ0) is 18.3. The second kappa shape index (κ2) is 6.46. The lowest BCUT2D eigenvalue weighted by atomic mass is 10.00. The number of carboxylic acids is 1. The molecule has 2 atom stereocenters. The summed E-state index contributed by atoms with van der Waals surface area (Å²) in [4.78, 5) is 28.5. The molecule has 1 saturated carbocycles. The van der Waals surface area contributed by atoms with E-state index in [1.54, 1.807) is 19.9 Å². The zero-order valence-electron chi connectivity index (χ0n) is 14.9. The third kappa shape index (κ3) is 3.36. The van der Waals surface area contributed by atoms with Gasteiger partial charge in [0.15, 0.2) is 0 Å². The Morgan fingerprint density at radius 2 is 1.96 bits per heavy atom. The molecule has 0 aliphatic heterocycles. The number of carboxylic acid groups (broad SMARTS) is 1. The molecule has 0 aromatic carbocycles. The quantitative estimate of drug-likeness (QED) is 0.833. The maximum atomic E-state index is 12.9. The lowest BCUT2D eigenvalue weighted by Gasteiger charge is -2.18. The molecule has 0 spiro atoms. The molecule has 1 aliphatic carbocycles. The summed E-state index contributed by atoms with van der Waals surface area (Å²) in [5, 5.41) is 16.6. The Bertz CT molecular complexity index is 823. The van der Waals surface area contributed by atoms with Gasteiger partial charge in [0, 0.05) is 17.7 Å². The fraction of sp³-hybridized carbons (Fsp3) is 0.556. The van der Waals surface area contributed by atoms with Crippen molar-refractivity contribution in [3.63, 3.8) is 0 Å². The van der Waals surface area contributed by atoms with E-state index < -0.39 is 17.9 Å². The van der Waals surface area contributed by atoms with Crippen LogP contribution in [-0.4, -0.2) is 33.2 Å². The van der Waals surface area contributed by atoms with Crippen LogP contribution in [0.4, 0.5) is 0 Å². The second-order valence-corrected chi connectivity index (χ2v) is 7.16. The maximum absolute atomic E-state index is 12.9. The summed E-state index contributed by atoms with van der Waals surface area (Å²) >= 11 is 0. The molecule has 25 heavy (non-hydrogen) atoms. The van der Waals surface area contributed by atoms with E-state index in [1.807, 2.05) is 13.8 Å². The number of rotatable bonds is 6. The highest BCUT2D eigenvalue weighted by Gasteiger charge is 2.30. The summed E-state index contributed by atoms with van der Waals surface area (Å²) < 4.78 is 5.38. The van der Waals surface area contributed by atoms with Crippen molar-refractivity contribution in [3.8, 4) is 0 Å². The molecule has 2 aromatic heterocycles. The first kappa shape index (κ1) is 17.4. The molecule has 3 rings (SSSR count). The summed E-state index contributed by atoms with van der Waals surface area (Å²) in [6, 6.07) is 1.30. The molecule has 7 heteroatoms. The number of nitrogens with zero attached hydrogens (tertiary/aromatic N) is 2. The zero-order valence-corrected chi connectivity index (χ0v) is 14.9. The number of hydrogen-bond donors (Lipinski definition) is 2. The van der Waals surface area contributed by atoms with Crippen LogP contribution in [0.5, 0.6) is 0 Å². The van der Waals surface area contributed by atoms with Gasteiger partial charge in [-0.05, 0) is 38.7 Å². The van der Waals surface area contributed by atoms with Crippen molar-refractivity contribution in [2.24, 2.45) is 5.92 Å². The number of pyridine rings is 1. The first-order chi connectivity index (χ1) is 11.8. The minimum atomic E-state index is -0.945. The third-order valence-electron chi connectivity index (χ3n) is 4.78. The molecule has 1 amide bonds. The fourth-order valence-corrected chi connectivity index (χ4v) is 2.78. The molecule has 7 nitrogen and oxygen atoms in total. The molecule has 0 radical (unpaired) electrons. The Morgan fingerprint density at radius 1 is 1.28 bits per heavy atom. The molecule has 2 unspecified atom stereocenters. The van der Waals surface area contributed by atoms with Crippen LogP contribution in [0.15, 0.2) is 10.6 Å². The lowest BCUT2D eigenvalue weighted by molar-refractivity contribution is -0.141. The number of nitrogens with one attached hydrogen (secondary N) is 1. The Balaban J connectivity index is 2.01. The highest BCUT2D eigenvalue weighted by atomic mass is 16.5. The van der Waals surface area contributed by atoms with E-state index in [1.165, 1.54) is 0 Å². The van der Waals surface area contributed by atoms with Crippen molar-refractivity contribution in [2.75, 3.05) is 0 Å². The molecule has 134 valence electrons. The van der Waals surface area contributed by atoms with Gasteiger partial charge in [0.2, 0.25) is 0 Å². The van der Waals surface area contributed by atoms with Crippen LogP contribution in [0, 0.1) is 5.92 Å². The van der Waals surface area contributed by atoms with Gasteiger partial charge in [-0.1, -0.05) is 19.0 Å². The van der Waals surface area contributed by atoms with Crippen LogP contribution >= 0.6 is 0 Å². The van der Waals surface area contributed by atoms with E-state index in [9.17, 15) is 9.59 Å². The van der Waals surface area contributed by atoms with Gasteiger partial charge < -0.3 is 14.9 Å². The molecule has 2 heterocycles. The predicted octanol–water partition coefficient (Wildman–Crippen LogP) is 3.06. The van der Waals surface area contributed by atoms with Gasteiger partial charge in [0.05, 0.1) is 22.6 Å². The predicted molar refractivity (Wildman–Crippen MR) is 91.6 cm³/mol. The number of hydrogen-bond acceptors (Lipinski definition) is 5. The number of aromatic nitrogens is 2. The summed E-state index contributed by atoms with van der Waals surface area (Å²) in [6.45, 7) is 7.21. The lowest BCUT2D eigenvalue weighted by Crippen LogP contribution is -2.40. The van der Waals surface area contributed by atoms with Gasteiger partial charge in [-0.15, -0.1) is 0 Å². The van der Waals surface area contributed by atoms with Crippen molar-refractivity contribution >= 4 is 23.0 Å². The van der Waals surface area contributed by atoms with Crippen LogP contribution in [0.25, 0.3) is 11.1 Å². The average molecular weight is 345 g/mol. The highest BCUT2D eigenvalue weighted by molar-refractivity contribution is 6.06. The monoisotopic (exact) mass is 345 g/mol. The summed E-state index contributed by atoms with van der Waals surface area (Å²) in [5.74, 6) is -1.51. The number of carbonyl (C=O) groups is 2. The fourth-order valence-electron chi connectivity index (χ4n) is 2.78. The first-order valence-corrected chi connectivity index (χ1v) is 8.63. The Morgan fingerprint density at radius 3 is 2.52 bits per heavy atom. The smallest absolute Gasteiger partial charge is 0.308 e. The van der Waals surface area contributed by atoms with E-state index in [-0.39, 0.29) is 11.8 Å². The number of amides is 1. The van der Waals surface area contributed by atoms with Gasteiger partial charge in [-0.25, -0.2) is 4.98 Å². The number of carbonyl (C=O) groups excluding carboxylic acids is 1. The summed E-state index contributed by atoms with van der Waals surface area (Å²) in [5.41, 5.74) is 2.36. The molecule has 0 saturated heterocycles. The van der Waals surface area contributed by atoms with E-state index in [0.29, 0.717) is 28.3 Å². The minimum Gasteiger partial charge on any atom is -0.481 e. The first-order valence-electron chi connectivity index (χ1n) is 8.63. The average Bonchev–Trinajstić information content (AvgIpc) is 3.31. The van der Waals surface area contributed by atoms with Crippen molar-refractivity contribution < 1.29 is 19.2 Å². The Hall–Kier alpha value is -2.44. The number of fused-ring (bicyclic) bond motifs is 1. The third-order valence-corrected chi connectivity index (χ3v) is 4.78. The van der Waals surface area contributed by atoms with Gasteiger partial charge in [0.25, 0.3) is 11.6 Å². The van der Waals surface area contributed by atoms with Crippen molar-refractivity contribution in [1.82, 2.24) is 15.5 Å². The van der Waals surface area contributed by atoms with Crippen LogP contribution < -0.4 is 5.32 Å². The molecular formula is C18H23N3O4. The van der Waals surface area contributed by atoms with Gasteiger partial charge >= 0.3 is 5.97 Å². The highest BCUT2D eigenvalue weighted by Crippen LogP contribution is 2.41. The molecule has 1 aliphatic rings. The van der Waals surface area contributed by atoms with Crippen LogP contribution in [0.1, 0.15) is 74.1 Å². The molecule has 1 fully saturated rings. The van der Waals surface area contributed by atoms with Gasteiger partial charge in [-0.2, -0.15) is 0 Å². The molecule has 0 bridgehead atoms. The van der Waals surface area contributed by atoms with Gasteiger partial charge in [0.1, 0.15) is 0 Å². The Kier molecular flexibility index (Phi) is 4.49. The number of aliphatic carboxylic acids is 1. The topological polar surface area (TPSA) is 105 Å². The standard InChI is InChI=1S/C18H23N3O4/c1-8(2)15-14-12(16(22)19-10(4)9(3)18(23)24)7-13(11-5-6-11)20-17(14)25-21-15/h7-11H,5-6H2,1-4H3,(H,19,22)(H,23,24).